The molecule has 0 unspecified atom stereocenters. The van der Waals surface area contributed by atoms with Gasteiger partial charge in [-0.15, -0.1) is 0 Å². The van der Waals surface area contributed by atoms with Crippen LogP contribution in [0, 0.1) is 0 Å². The van der Waals surface area contributed by atoms with Gasteiger partial charge < -0.3 is 19.7 Å². The molecule has 0 bridgehead atoms. The number of likely N-dealkylation sites (tertiary alicyclic amines) is 1. The number of amides is 2. The highest BCUT2D eigenvalue weighted by Crippen LogP contribution is 2.25. The van der Waals surface area contributed by atoms with E-state index in [-0.39, 0.29) is 18.0 Å². The Hall–Kier alpha value is -3.02. The first-order chi connectivity index (χ1) is 13.8. The summed E-state index contributed by atoms with van der Waals surface area (Å²) in [4.78, 5) is 26.7. The van der Waals surface area contributed by atoms with Crippen molar-refractivity contribution in [3.05, 3.63) is 60.2 Å². The van der Waals surface area contributed by atoms with Crippen LogP contribution in [0.3, 0.4) is 0 Å². The van der Waals surface area contributed by atoms with Gasteiger partial charge in [-0.1, -0.05) is 30.3 Å². The summed E-state index contributed by atoms with van der Waals surface area (Å²) in [5.74, 6) is 1.02. The molecule has 0 saturated carbocycles. The summed E-state index contributed by atoms with van der Waals surface area (Å²) >= 11 is 0. The van der Waals surface area contributed by atoms with Crippen LogP contribution in [0.4, 0.5) is 4.79 Å². The zero-order valence-electron chi connectivity index (χ0n) is 17.2. The summed E-state index contributed by atoms with van der Waals surface area (Å²) < 4.78 is 11.3. The number of nitrogens with zero attached hydrogens (tertiary/aromatic N) is 1. The molecule has 2 aromatic rings. The van der Waals surface area contributed by atoms with E-state index < -0.39 is 5.60 Å². The molecule has 0 spiro atoms. The first-order valence-corrected chi connectivity index (χ1v) is 9.92. The molecule has 1 N–H and O–H groups in total. The molecule has 1 fully saturated rings. The lowest BCUT2D eigenvalue weighted by Gasteiger charge is -2.33. The number of nitrogens with one attached hydrogen (secondary N) is 1. The summed E-state index contributed by atoms with van der Waals surface area (Å²) in [5, 5.41) is 3.07. The Kier molecular flexibility index (Phi) is 6.42. The van der Waals surface area contributed by atoms with E-state index in [1.807, 2.05) is 63.2 Å². The van der Waals surface area contributed by atoms with Gasteiger partial charge in [-0.25, -0.2) is 4.79 Å². The zero-order chi connectivity index (χ0) is 20.9. The van der Waals surface area contributed by atoms with Gasteiger partial charge in [0.1, 0.15) is 17.1 Å². The molecule has 6 nitrogen and oxygen atoms in total. The molecule has 154 valence electrons. The number of rotatable bonds is 4. The first-order valence-electron chi connectivity index (χ1n) is 9.92. The van der Waals surface area contributed by atoms with E-state index in [2.05, 4.69) is 5.32 Å². The molecule has 1 saturated heterocycles. The second kappa shape index (κ2) is 8.99. The summed E-state index contributed by atoms with van der Waals surface area (Å²) in [5.41, 5.74) is -0.0177. The van der Waals surface area contributed by atoms with Gasteiger partial charge in [0.05, 0.1) is 5.56 Å². The fourth-order valence-corrected chi connectivity index (χ4v) is 3.15. The molecule has 6 heteroatoms. The summed E-state index contributed by atoms with van der Waals surface area (Å²) in [7, 11) is 0. The van der Waals surface area contributed by atoms with Crippen molar-refractivity contribution in [1.29, 1.82) is 0 Å². The largest absolute Gasteiger partial charge is 0.457 e. The van der Waals surface area contributed by atoms with Crippen molar-refractivity contribution < 1.29 is 19.1 Å². The number of hydrogen-bond donors (Lipinski definition) is 1. The molecule has 29 heavy (non-hydrogen) atoms. The van der Waals surface area contributed by atoms with E-state index in [0.717, 1.165) is 0 Å². The molecule has 0 atom stereocenters. The predicted octanol–water partition coefficient (Wildman–Crippen LogP) is 4.61. The topological polar surface area (TPSA) is 67.9 Å². The summed E-state index contributed by atoms with van der Waals surface area (Å²) in [6.45, 7) is 6.68. The molecule has 0 radical (unpaired) electrons. The van der Waals surface area contributed by atoms with Crippen LogP contribution in [-0.2, 0) is 4.74 Å². The van der Waals surface area contributed by atoms with Crippen molar-refractivity contribution in [3.63, 3.8) is 0 Å². The molecule has 3 rings (SSSR count). The van der Waals surface area contributed by atoms with E-state index in [0.29, 0.717) is 43.0 Å². The number of carbonyl (C=O) groups is 2. The molecule has 1 aliphatic rings. The van der Waals surface area contributed by atoms with Gasteiger partial charge in [0.15, 0.2) is 0 Å². The van der Waals surface area contributed by atoms with Crippen LogP contribution >= 0.6 is 0 Å². The number of ether oxygens (including phenoxy) is 2. The van der Waals surface area contributed by atoms with Gasteiger partial charge in [0.2, 0.25) is 0 Å². The highest BCUT2D eigenvalue weighted by molar-refractivity contribution is 5.97. The molecular weight excluding hydrogens is 368 g/mol. The number of piperidine rings is 1. The lowest BCUT2D eigenvalue weighted by atomic mass is 10.0. The monoisotopic (exact) mass is 396 g/mol. The smallest absolute Gasteiger partial charge is 0.410 e. The van der Waals surface area contributed by atoms with E-state index in [9.17, 15) is 9.59 Å². The molecule has 1 heterocycles. The molecule has 0 aliphatic carbocycles. The average molecular weight is 396 g/mol. The Morgan fingerprint density at radius 2 is 1.59 bits per heavy atom. The minimum absolute atomic E-state index is 0.00553. The van der Waals surface area contributed by atoms with E-state index in [4.69, 9.17) is 9.47 Å². The normalized spacial score (nSPS) is 14.9. The van der Waals surface area contributed by atoms with E-state index in [1.165, 1.54) is 0 Å². The van der Waals surface area contributed by atoms with Gasteiger partial charge in [-0.05, 0) is 57.9 Å². The Balaban J connectivity index is 1.57. The molecule has 2 amide bonds. The molecule has 0 aromatic heterocycles. The van der Waals surface area contributed by atoms with E-state index >= 15 is 0 Å². The van der Waals surface area contributed by atoms with Crippen molar-refractivity contribution >= 4 is 12.0 Å². The van der Waals surface area contributed by atoms with Crippen molar-refractivity contribution in [1.82, 2.24) is 10.2 Å². The first kappa shape index (κ1) is 20.7. The maximum absolute atomic E-state index is 12.8. The standard InChI is InChI=1S/C23H28N2O4/c1-23(2,3)29-22(27)25-15-13-17(14-16-25)24-21(26)19-11-7-8-12-20(19)28-18-9-5-4-6-10-18/h4-12,17H,13-16H2,1-3H3,(H,24,26). The fraction of sp³-hybridized carbons (Fsp3) is 0.391. The van der Waals surface area contributed by atoms with Crippen LogP contribution in [0.15, 0.2) is 54.6 Å². The Morgan fingerprint density at radius 1 is 0.966 bits per heavy atom. The molecule has 2 aromatic carbocycles. The summed E-state index contributed by atoms with van der Waals surface area (Å²) in [6, 6.07) is 16.6. The second-order valence-corrected chi connectivity index (χ2v) is 8.13. The Labute approximate surface area is 171 Å². The highest BCUT2D eigenvalue weighted by Gasteiger charge is 2.28. The SMILES string of the molecule is CC(C)(C)OC(=O)N1CCC(NC(=O)c2ccccc2Oc2ccccc2)CC1. The van der Waals surface area contributed by atoms with Crippen molar-refractivity contribution in [2.45, 2.75) is 45.3 Å². The minimum atomic E-state index is -0.509. The van der Waals surface area contributed by atoms with Crippen LogP contribution < -0.4 is 10.1 Å². The van der Waals surface area contributed by atoms with Gasteiger partial charge in [0.25, 0.3) is 5.91 Å². The maximum Gasteiger partial charge on any atom is 0.410 e. The minimum Gasteiger partial charge on any atom is -0.457 e. The van der Waals surface area contributed by atoms with Crippen molar-refractivity contribution in [2.75, 3.05) is 13.1 Å². The lowest BCUT2D eigenvalue weighted by molar-refractivity contribution is 0.0199. The van der Waals surface area contributed by atoms with Crippen LogP contribution in [-0.4, -0.2) is 41.6 Å². The summed E-state index contributed by atoms with van der Waals surface area (Å²) in [6.07, 6.45) is 1.07. The number of benzene rings is 2. The third kappa shape index (κ3) is 5.98. The van der Waals surface area contributed by atoms with Crippen LogP contribution in [0.5, 0.6) is 11.5 Å². The number of para-hydroxylation sites is 2. The van der Waals surface area contributed by atoms with Crippen LogP contribution in [0.1, 0.15) is 44.0 Å². The van der Waals surface area contributed by atoms with Crippen LogP contribution in [0.25, 0.3) is 0 Å². The third-order valence-electron chi connectivity index (χ3n) is 4.58. The number of carbonyl (C=O) groups excluding carboxylic acids is 2. The fourth-order valence-electron chi connectivity index (χ4n) is 3.15. The van der Waals surface area contributed by atoms with Crippen molar-refractivity contribution in [3.8, 4) is 11.5 Å². The Morgan fingerprint density at radius 3 is 2.24 bits per heavy atom. The number of hydrogen-bond acceptors (Lipinski definition) is 4. The quantitative estimate of drug-likeness (QED) is 0.820. The average Bonchev–Trinajstić information content (AvgIpc) is 2.68. The zero-order valence-corrected chi connectivity index (χ0v) is 17.2. The maximum atomic E-state index is 12.8. The second-order valence-electron chi connectivity index (χ2n) is 8.13. The highest BCUT2D eigenvalue weighted by atomic mass is 16.6. The molecular formula is C23H28N2O4. The van der Waals surface area contributed by atoms with Crippen LogP contribution in [0.2, 0.25) is 0 Å². The third-order valence-corrected chi connectivity index (χ3v) is 4.58. The van der Waals surface area contributed by atoms with Gasteiger partial charge in [-0.2, -0.15) is 0 Å². The molecule has 1 aliphatic heterocycles. The van der Waals surface area contributed by atoms with Gasteiger partial charge in [-0.3, -0.25) is 4.79 Å². The Bertz CT molecular complexity index is 837. The predicted molar refractivity (Wildman–Crippen MR) is 111 cm³/mol. The lowest BCUT2D eigenvalue weighted by Crippen LogP contribution is -2.47. The van der Waals surface area contributed by atoms with Gasteiger partial charge in [0, 0.05) is 19.1 Å². The van der Waals surface area contributed by atoms with Gasteiger partial charge >= 0.3 is 6.09 Å². The van der Waals surface area contributed by atoms with Crippen molar-refractivity contribution in [2.24, 2.45) is 0 Å². The van der Waals surface area contributed by atoms with E-state index in [1.54, 1.807) is 17.0 Å².